The van der Waals surface area contributed by atoms with E-state index in [0.717, 1.165) is 80.4 Å². The van der Waals surface area contributed by atoms with Crippen molar-refractivity contribution in [1.82, 2.24) is 4.98 Å². The topological polar surface area (TPSA) is 66.9 Å². The molecule has 6 rings (SSSR count). The maximum Gasteiger partial charge on any atom is 0.230 e. The number of anilines is 4. The van der Waals surface area contributed by atoms with Gasteiger partial charge in [-0.1, -0.05) is 6.07 Å². The SMILES string of the molecule is O=C([C@H]1CC[C@@H](OC2CCC2)CC1)N1Cc2cccnc2Nc2ccc(N3CCOCC3)cc21. The summed E-state index contributed by atoms with van der Waals surface area (Å²) in [7, 11) is 0. The van der Waals surface area contributed by atoms with Crippen molar-refractivity contribution in [2.75, 3.05) is 41.4 Å². The molecule has 34 heavy (non-hydrogen) atoms. The van der Waals surface area contributed by atoms with Crippen LogP contribution in [-0.2, 0) is 20.8 Å². The summed E-state index contributed by atoms with van der Waals surface area (Å²) in [6.07, 6.45) is 10.1. The Morgan fingerprint density at radius 2 is 1.82 bits per heavy atom. The Morgan fingerprint density at radius 3 is 2.59 bits per heavy atom. The fraction of sp³-hybridized carbons (Fsp3) is 0.556. The summed E-state index contributed by atoms with van der Waals surface area (Å²) in [5.41, 5.74) is 4.06. The minimum absolute atomic E-state index is 0.0411. The molecule has 1 N–H and O–H groups in total. The number of morpholine rings is 1. The molecule has 7 nitrogen and oxygen atoms in total. The number of hydrogen-bond donors (Lipinski definition) is 1. The summed E-state index contributed by atoms with van der Waals surface area (Å²) < 4.78 is 11.8. The largest absolute Gasteiger partial charge is 0.378 e. The zero-order chi connectivity index (χ0) is 22.9. The second-order valence-corrected chi connectivity index (χ2v) is 10.0. The number of carbonyl (C=O) groups is 1. The highest BCUT2D eigenvalue weighted by Gasteiger charge is 2.34. The molecule has 2 aromatic rings. The number of amides is 1. The summed E-state index contributed by atoms with van der Waals surface area (Å²) in [4.78, 5) is 22.9. The molecule has 2 saturated carbocycles. The van der Waals surface area contributed by atoms with Crippen LogP contribution < -0.4 is 15.1 Å². The van der Waals surface area contributed by atoms with E-state index in [-0.39, 0.29) is 11.8 Å². The maximum atomic E-state index is 14.0. The Bertz CT molecular complexity index is 1030. The van der Waals surface area contributed by atoms with Crippen molar-refractivity contribution >= 4 is 28.8 Å². The first-order valence-corrected chi connectivity index (χ1v) is 12.9. The van der Waals surface area contributed by atoms with Crippen LogP contribution in [0.1, 0.15) is 50.5 Å². The van der Waals surface area contributed by atoms with Gasteiger partial charge in [0.2, 0.25) is 5.91 Å². The number of hydrogen-bond acceptors (Lipinski definition) is 6. The number of nitrogens with one attached hydrogen (secondary N) is 1. The summed E-state index contributed by atoms with van der Waals surface area (Å²) in [6.45, 7) is 3.74. The normalized spacial score (nSPS) is 24.9. The van der Waals surface area contributed by atoms with E-state index >= 15 is 0 Å². The molecule has 0 spiro atoms. The second kappa shape index (κ2) is 9.55. The van der Waals surface area contributed by atoms with Gasteiger partial charge < -0.3 is 24.6 Å². The fourth-order valence-corrected chi connectivity index (χ4v) is 5.57. The average Bonchev–Trinajstić information content (AvgIpc) is 3.03. The lowest BCUT2D eigenvalue weighted by atomic mass is 9.85. The van der Waals surface area contributed by atoms with Gasteiger partial charge in [0, 0.05) is 36.5 Å². The van der Waals surface area contributed by atoms with E-state index in [0.29, 0.717) is 18.8 Å². The van der Waals surface area contributed by atoms with Crippen molar-refractivity contribution < 1.29 is 14.3 Å². The Kier molecular flexibility index (Phi) is 6.14. The number of ether oxygens (including phenoxy) is 2. The number of carbonyl (C=O) groups excluding carboxylic acids is 1. The van der Waals surface area contributed by atoms with Gasteiger partial charge in [0.25, 0.3) is 0 Å². The molecule has 0 radical (unpaired) electrons. The van der Waals surface area contributed by atoms with E-state index in [2.05, 4.69) is 39.5 Å². The number of fused-ring (bicyclic) bond motifs is 2. The number of rotatable bonds is 4. The molecule has 1 saturated heterocycles. The minimum atomic E-state index is 0.0411. The van der Waals surface area contributed by atoms with Crippen LogP contribution in [0.4, 0.5) is 22.9 Å². The molecule has 0 unspecified atom stereocenters. The molecule has 1 amide bonds. The highest BCUT2D eigenvalue weighted by Crippen LogP contribution is 2.40. The molecule has 0 atom stereocenters. The Balaban J connectivity index is 1.26. The maximum absolute atomic E-state index is 14.0. The third-order valence-electron chi connectivity index (χ3n) is 7.85. The van der Waals surface area contributed by atoms with Crippen molar-refractivity contribution in [3.63, 3.8) is 0 Å². The molecule has 0 bridgehead atoms. The predicted molar refractivity (Wildman–Crippen MR) is 133 cm³/mol. The molecule has 4 aliphatic rings. The van der Waals surface area contributed by atoms with Gasteiger partial charge in [0.05, 0.1) is 43.3 Å². The van der Waals surface area contributed by atoms with Gasteiger partial charge in [0.1, 0.15) is 5.82 Å². The Labute approximate surface area is 201 Å². The molecule has 1 aromatic carbocycles. The van der Waals surface area contributed by atoms with Gasteiger partial charge >= 0.3 is 0 Å². The van der Waals surface area contributed by atoms with Crippen LogP contribution in [0.15, 0.2) is 36.5 Å². The first kappa shape index (κ1) is 21.9. The lowest BCUT2D eigenvalue weighted by Gasteiger charge is -2.36. The van der Waals surface area contributed by atoms with Crippen LogP contribution in [0.2, 0.25) is 0 Å². The van der Waals surface area contributed by atoms with Gasteiger partial charge in [-0.2, -0.15) is 0 Å². The quantitative estimate of drug-likeness (QED) is 0.714. The van der Waals surface area contributed by atoms with E-state index in [1.54, 1.807) is 6.20 Å². The average molecular weight is 463 g/mol. The number of aromatic nitrogens is 1. The number of nitrogens with zero attached hydrogens (tertiary/aromatic N) is 3. The highest BCUT2D eigenvalue weighted by molar-refractivity contribution is 6.00. The summed E-state index contributed by atoms with van der Waals surface area (Å²) in [5, 5.41) is 3.49. The molecule has 2 aliphatic heterocycles. The van der Waals surface area contributed by atoms with Crippen LogP contribution in [0, 0.1) is 5.92 Å². The fourth-order valence-electron chi connectivity index (χ4n) is 5.57. The molecule has 3 heterocycles. The van der Waals surface area contributed by atoms with Crippen LogP contribution in [0.25, 0.3) is 0 Å². The first-order chi connectivity index (χ1) is 16.7. The van der Waals surface area contributed by atoms with Crippen LogP contribution >= 0.6 is 0 Å². The van der Waals surface area contributed by atoms with Crippen LogP contribution in [-0.4, -0.2) is 49.4 Å². The number of benzene rings is 1. The first-order valence-electron chi connectivity index (χ1n) is 12.9. The molecule has 3 fully saturated rings. The Hall–Kier alpha value is -2.64. The second-order valence-electron chi connectivity index (χ2n) is 10.0. The van der Waals surface area contributed by atoms with E-state index in [1.807, 2.05) is 11.0 Å². The van der Waals surface area contributed by atoms with Crippen molar-refractivity contribution in [3.8, 4) is 0 Å². The van der Waals surface area contributed by atoms with Crippen LogP contribution in [0.3, 0.4) is 0 Å². The Morgan fingerprint density at radius 1 is 1.03 bits per heavy atom. The predicted octanol–water partition coefficient (Wildman–Crippen LogP) is 4.64. The summed E-state index contributed by atoms with van der Waals surface area (Å²) in [5.74, 6) is 1.09. The van der Waals surface area contributed by atoms with Gasteiger partial charge in [-0.05, 0) is 69.2 Å². The minimum Gasteiger partial charge on any atom is -0.378 e. The van der Waals surface area contributed by atoms with Crippen molar-refractivity contribution in [2.24, 2.45) is 5.92 Å². The van der Waals surface area contributed by atoms with Gasteiger partial charge in [-0.15, -0.1) is 0 Å². The van der Waals surface area contributed by atoms with Gasteiger partial charge in [-0.3, -0.25) is 4.79 Å². The summed E-state index contributed by atoms with van der Waals surface area (Å²) >= 11 is 0. The highest BCUT2D eigenvalue weighted by atomic mass is 16.5. The lowest BCUT2D eigenvalue weighted by Crippen LogP contribution is -2.39. The molecular formula is C27H34N4O3. The monoisotopic (exact) mass is 462 g/mol. The van der Waals surface area contributed by atoms with E-state index in [9.17, 15) is 4.79 Å². The third-order valence-corrected chi connectivity index (χ3v) is 7.85. The van der Waals surface area contributed by atoms with Crippen molar-refractivity contribution in [3.05, 3.63) is 42.1 Å². The zero-order valence-corrected chi connectivity index (χ0v) is 19.7. The van der Waals surface area contributed by atoms with E-state index in [4.69, 9.17) is 9.47 Å². The number of pyridine rings is 1. The molecule has 180 valence electrons. The zero-order valence-electron chi connectivity index (χ0n) is 19.7. The van der Waals surface area contributed by atoms with Crippen molar-refractivity contribution in [2.45, 2.75) is 63.7 Å². The molecule has 7 heteroatoms. The van der Waals surface area contributed by atoms with E-state index in [1.165, 1.54) is 19.3 Å². The molecular weight excluding hydrogens is 428 g/mol. The van der Waals surface area contributed by atoms with Gasteiger partial charge in [-0.25, -0.2) is 4.98 Å². The molecule has 2 aliphatic carbocycles. The standard InChI is InChI=1S/C27H34N4O3/c32-27(19-6-9-23(10-7-19)34-22-4-1-5-22)31-18-20-3-2-12-28-26(20)29-24-11-8-21(17-25(24)31)30-13-15-33-16-14-30/h2-3,8,11-12,17,19,22-23H,1,4-7,9-10,13-16,18H2,(H,28,29)/t19-,23+. The van der Waals surface area contributed by atoms with Crippen molar-refractivity contribution in [1.29, 1.82) is 0 Å². The lowest BCUT2D eigenvalue weighted by molar-refractivity contribution is -0.125. The molecule has 1 aromatic heterocycles. The van der Waals surface area contributed by atoms with Crippen LogP contribution in [0.5, 0.6) is 0 Å². The smallest absolute Gasteiger partial charge is 0.230 e. The summed E-state index contributed by atoms with van der Waals surface area (Å²) in [6, 6.07) is 10.4. The third kappa shape index (κ3) is 4.39. The van der Waals surface area contributed by atoms with Gasteiger partial charge in [0.15, 0.2) is 0 Å². The van der Waals surface area contributed by atoms with E-state index < -0.39 is 0 Å².